The van der Waals surface area contributed by atoms with Crippen molar-refractivity contribution in [3.8, 4) is 5.75 Å². The van der Waals surface area contributed by atoms with Crippen LogP contribution < -0.4 is 4.74 Å². The van der Waals surface area contributed by atoms with E-state index in [1.807, 2.05) is 13.8 Å². The summed E-state index contributed by atoms with van der Waals surface area (Å²) in [7, 11) is 0. The van der Waals surface area contributed by atoms with Crippen LogP contribution in [0, 0.1) is 5.82 Å². The van der Waals surface area contributed by atoms with Crippen LogP contribution in [0.2, 0.25) is 0 Å². The molecule has 0 aliphatic rings. The second kappa shape index (κ2) is 6.23. The Labute approximate surface area is 101 Å². The van der Waals surface area contributed by atoms with E-state index in [4.69, 9.17) is 4.74 Å². The van der Waals surface area contributed by atoms with E-state index in [0.717, 1.165) is 0 Å². The fraction of sp³-hybridized carbons (Fsp3) is 0.462. The van der Waals surface area contributed by atoms with E-state index in [2.05, 4.69) is 0 Å². The summed E-state index contributed by atoms with van der Waals surface area (Å²) >= 11 is 0. The molecule has 1 aromatic rings. The Bertz CT molecular complexity index is 360. The number of likely N-dealkylation sites (N-methyl/N-ethyl adjacent to an activating group) is 1. The number of hydrogen-bond donors (Lipinski definition) is 0. The third-order valence-electron chi connectivity index (χ3n) is 2.55. The van der Waals surface area contributed by atoms with Crippen LogP contribution in [-0.4, -0.2) is 30.0 Å². The lowest BCUT2D eigenvalue weighted by Gasteiger charge is -2.23. The molecule has 0 spiro atoms. The van der Waals surface area contributed by atoms with E-state index in [-0.39, 0.29) is 11.7 Å². The van der Waals surface area contributed by atoms with Gasteiger partial charge < -0.3 is 9.64 Å². The Morgan fingerprint density at radius 1 is 1.29 bits per heavy atom. The number of amides is 1. The van der Waals surface area contributed by atoms with Gasteiger partial charge in [-0.2, -0.15) is 0 Å². The molecule has 0 unspecified atom stereocenters. The summed E-state index contributed by atoms with van der Waals surface area (Å²) in [6, 6.07) is 5.65. The van der Waals surface area contributed by atoms with Crippen molar-refractivity contribution in [2.45, 2.75) is 26.9 Å². The van der Waals surface area contributed by atoms with Crippen molar-refractivity contribution in [2.75, 3.05) is 13.1 Å². The zero-order valence-electron chi connectivity index (χ0n) is 10.4. The first-order valence-electron chi connectivity index (χ1n) is 5.79. The summed E-state index contributed by atoms with van der Waals surface area (Å²) in [5.74, 6) is 0.124. The maximum atomic E-state index is 12.7. The Hall–Kier alpha value is -1.58. The summed E-state index contributed by atoms with van der Waals surface area (Å²) in [6.45, 7) is 6.86. The van der Waals surface area contributed by atoms with E-state index in [1.54, 1.807) is 11.8 Å². The Morgan fingerprint density at radius 3 is 2.29 bits per heavy atom. The average Bonchev–Trinajstić information content (AvgIpc) is 2.33. The van der Waals surface area contributed by atoms with Gasteiger partial charge in [0.15, 0.2) is 6.10 Å². The number of benzene rings is 1. The van der Waals surface area contributed by atoms with Crippen LogP contribution >= 0.6 is 0 Å². The van der Waals surface area contributed by atoms with E-state index in [9.17, 15) is 9.18 Å². The molecule has 0 radical (unpaired) electrons. The molecule has 17 heavy (non-hydrogen) atoms. The van der Waals surface area contributed by atoms with Crippen LogP contribution in [-0.2, 0) is 4.79 Å². The predicted octanol–water partition coefficient (Wildman–Crippen LogP) is 2.46. The second-order valence-electron chi connectivity index (χ2n) is 3.72. The SMILES string of the molecule is CCN(CC)C(=O)[C@H](C)Oc1ccc(F)cc1. The second-order valence-corrected chi connectivity index (χ2v) is 3.72. The Balaban J connectivity index is 2.62. The maximum absolute atomic E-state index is 12.7. The predicted molar refractivity (Wildman–Crippen MR) is 64.4 cm³/mol. The highest BCUT2D eigenvalue weighted by Crippen LogP contribution is 2.13. The maximum Gasteiger partial charge on any atom is 0.263 e. The number of hydrogen-bond acceptors (Lipinski definition) is 2. The van der Waals surface area contributed by atoms with Gasteiger partial charge in [0, 0.05) is 13.1 Å². The minimum atomic E-state index is -0.555. The molecule has 1 atom stereocenters. The fourth-order valence-corrected chi connectivity index (χ4v) is 1.56. The summed E-state index contributed by atoms with van der Waals surface area (Å²) < 4.78 is 18.1. The van der Waals surface area contributed by atoms with Crippen LogP contribution in [0.3, 0.4) is 0 Å². The molecule has 0 N–H and O–H groups in total. The van der Waals surface area contributed by atoms with Crippen LogP contribution in [0.5, 0.6) is 5.75 Å². The third-order valence-corrected chi connectivity index (χ3v) is 2.55. The molecule has 94 valence electrons. The van der Waals surface area contributed by atoms with Crippen molar-refractivity contribution in [3.63, 3.8) is 0 Å². The summed E-state index contributed by atoms with van der Waals surface area (Å²) in [4.78, 5) is 13.6. The van der Waals surface area contributed by atoms with Crippen LogP contribution in [0.1, 0.15) is 20.8 Å². The van der Waals surface area contributed by atoms with Gasteiger partial charge in [0.25, 0.3) is 5.91 Å². The highest BCUT2D eigenvalue weighted by atomic mass is 19.1. The molecule has 0 heterocycles. The van der Waals surface area contributed by atoms with Gasteiger partial charge in [-0.05, 0) is 45.0 Å². The number of carbonyl (C=O) groups excluding carboxylic acids is 1. The van der Waals surface area contributed by atoms with Gasteiger partial charge in [-0.15, -0.1) is 0 Å². The van der Waals surface area contributed by atoms with Crippen molar-refractivity contribution in [3.05, 3.63) is 30.1 Å². The molecule has 0 aromatic heterocycles. The van der Waals surface area contributed by atoms with Gasteiger partial charge in [0.1, 0.15) is 11.6 Å². The molecular weight excluding hydrogens is 221 g/mol. The lowest BCUT2D eigenvalue weighted by Crippen LogP contribution is -2.40. The number of halogens is 1. The van der Waals surface area contributed by atoms with Gasteiger partial charge >= 0.3 is 0 Å². The topological polar surface area (TPSA) is 29.5 Å². The van der Waals surface area contributed by atoms with Crippen molar-refractivity contribution in [2.24, 2.45) is 0 Å². The normalized spacial score (nSPS) is 12.0. The smallest absolute Gasteiger partial charge is 0.263 e. The molecule has 1 rings (SSSR count). The lowest BCUT2D eigenvalue weighted by atomic mass is 10.3. The monoisotopic (exact) mass is 239 g/mol. The first-order chi connectivity index (χ1) is 8.08. The van der Waals surface area contributed by atoms with E-state index < -0.39 is 6.10 Å². The largest absolute Gasteiger partial charge is 0.481 e. The minimum Gasteiger partial charge on any atom is -0.481 e. The Kier molecular flexibility index (Phi) is 4.94. The van der Waals surface area contributed by atoms with Gasteiger partial charge in [-0.1, -0.05) is 0 Å². The summed E-state index contributed by atoms with van der Waals surface area (Å²) in [5, 5.41) is 0. The van der Waals surface area contributed by atoms with Gasteiger partial charge in [-0.25, -0.2) is 4.39 Å². The molecule has 4 heteroatoms. The van der Waals surface area contributed by atoms with Gasteiger partial charge in [0.05, 0.1) is 0 Å². The summed E-state index contributed by atoms with van der Waals surface area (Å²) in [5.41, 5.74) is 0. The molecule has 3 nitrogen and oxygen atoms in total. The number of nitrogens with zero attached hydrogens (tertiary/aromatic N) is 1. The quantitative estimate of drug-likeness (QED) is 0.790. The third kappa shape index (κ3) is 3.73. The summed E-state index contributed by atoms with van der Waals surface area (Å²) in [6.07, 6.45) is -0.555. The molecule has 1 aromatic carbocycles. The van der Waals surface area contributed by atoms with E-state index in [1.165, 1.54) is 24.3 Å². The zero-order valence-corrected chi connectivity index (χ0v) is 10.4. The first-order valence-corrected chi connectivity index (χ1v) is 5.79. The minimum absolute atomic E-state index is 0.0562. The highest BCUT2D eigenvalue weighted by Gasteiger charge is 2.19. The molecule has 0 aliphatic heterocycles. The zero-order chi connectivity index (χ0) is 12.8. The molecular formula is C13H18FNO2. The average molecular weight is 239 g/mol. The number of carbonyl (C=O) groups is 1. The molecule has 1 amide bonds. The molecule has 0 saturated heterocycles. The van der Waals surface area contributed by atoms with Crippen molar-refractivity contribution in [1.29, 1.82) is 0 Å². The van der Waals surface area contributed by atoms with Crippen LogP contribution in [0.25, 0.3) is 0 Å². The van der Waals surface area contributed by atoms with Gasteiger partial charge in [-0.3, -0.25) is 4.79 Å². The first kappa shape index (κ1) is 13.5. The molecule has 0 fully saturated rings. The Morgan fingerprint density at radius 2 is 1.82 bits per heavy atom. The number of rotatable bonds is 5. The van der Waals surface area contributed by atoms with Crippen LogP contribution in [0.15, 0.2) is 24.3 Å². The van der Waals surface area contributed by atoms with E-state index >= 15 is 0 Å². The van der Waals surface area contributed by atoms with Gasteiger partial charge in [0.2, 0.25) is 0 Å². The molecule has 0 bridgehead atoms. The number of ether oxygens (including phenoxy) is 1. The van der Waals surface area contributed by atoms with Crippen molar-refractivity contribution < 1.29 is 13.9 Å². The lowest BCUT2D eigenvalue weighted by molar-refractivity contribution is -0.137. The van der Waals surface area contributed by atoms with Crippen molar-refractivity contribution in [1.82, 2.24) is 4.90 Å². The fourth-order valence-electron chi connectivity index (χ4n) is 1.56. The van der Waals surface area contributed by atoms with E-state index in [0.29, 0.717) is 18.8 Å². The van der Waals surface area contributed by atoms with Crippen molar-refractivity contribution >= 4 is 5.91 Å². The molecule has 0 aliphatic carbocycles. The van der Waals surface area contributed by atoms with Crippen LogP contribution in [0.4, 0.5) is 4.39 Å². The standard InChI is InChI=1S/C13H18FNO2/c1-4-15(5-2)13(16)10(3)17-12-8-6-11(14)7-9-12/h6-10H,4-5H2,1-3H3/t10-/m0/s1. The molecule has 0 saturated carbocycles. The highest BCUT2D eigenvalue weighted by molar-refractivity contribution is 5.80.